The molecule has 1 aliphatic rings. The number of carbonyl (C=O) groups is 1. The van der Waals surface area contributed by atoms with Crippen LogP contribution in [0.4, 0.5) is 0 Å². The molecular weight excluding hydrogens is 200 g/mol. The van der Waals surface area contributed by atoms with Gasteiger partial charge >= 0.3 is 0 Å². The number of hydrogen-bond acceptors (Lipinski definition) is 2. The molecule has 0 aromatic heterocycles. The molecule has 16 heavy (non-hydrogen) atoms. The Kier molecular flexibility index (Phi) is 5.26. The van der Waals surface area contributed by atoms with Crippen molar-refractivity contribution in [2.24, 2.45) is 23.5 Å². The summed E-state index contributed by atoms with van der Waals surface area (Å²) in [6.07, 6.45) is 5.15. The van der Waals surface area contributed by atoms with Crippen molar-refractivity contribution >= 4 is 5.91 Å². The third-order valence-electron chi connectivity index (χ3n) is 3.87. The van der Waals surface area contributed by atoms with Gasteiger partial charge in [0.25, 0.3) is 0 Å². The van der Waals surface area contributed by atoms with Crippen LogP contribution in [0.1, 0.15) is 46.5 Å². The van der Waals surface area contributed by atoms with Crippen LogP contribution in [-0.2, 0) is 4.79 Å². The van der Waals surface area contributed by atoms with E-state index in [9.17, 15) is 4.79 Å². The largest absolute Gasteiger partial charge is 0.353 e. The molecule has 0 aliphatic heterocycles. The highest BCUT2D eigenvalue weighted by molar-refractivity contribution is 5.79. The van der Waals surface area contributed by atoms with Gasteiger partial charge in [-0.05, 0) is 31.6 Å². The van der Waals surface area contributed by atoms with Crippen molar-refractivity contribution in [2.45, 2.75) is 52.5 Å². The van der Waals surface area contributed by atoms with E-state index in [-0.39, 0.29) is 11.8 Å². The van der Waals surface area contributed by atoms with Gasteiger partial charge in [0.15, 0.2) is 0 Å². The number of nitrogens with one attached hydrogen (secondary N) is 1. The van der Waals surface area contributed by atoms with Crippen molar-refractivity contribution in [2.75, 3.05) is 6.54 Å². The molecule has 1 saturated carbocycles. The lowest BCUT2D eigenvalue weighted by molar-refractivity contribution is -0.126. The molecule has 1 fully saturated rings. The molecule has 1 amide bonds. The van der Waals surface area contributed by atoms with Crippen molar-refractivity contribution in [1.29, 1.82) is 0 Å². The third kappa shape index (κ3) is 3.48. The molecule has 0 bridgehead atoms. The molecule has 1 rings (SSSR count). The lowest BCUT2D eigenvalue weighted by Crippen LogP contribution is -2.44. The fraction of sp³-hybridized carbons (Fsp3) is 0.923. The van der Waals surface area contributed by atoms with Gasteiger partial charge in [0.1, 0.15) is 0 Å². The molecule has 94 valence electrons. The molecule has 0 heterocycles. The highest BCUT2D eigenvalue weighted by Gasteiger charge is 2.26. The minimum Gasteiger partial charge on any atom is -0.353 e. The number of hydrogen-bond donors (Lipinski definition) is 2. The summed E-state index contributed by atoms with van der Waals surface area (Å²) in [4.78, 5) is 12.0. The summed E-state index contributed by atoms with van der Waals surface area (Å²) >= 11 is 0. The first-order chi connectivity index (χ1) is 7.56. The van der Waals surface area contributed by atoms with Gasteiger partial charge in [-0.2, -0.15) is 0 Å². The Morgan fingerprint density at radius 2 is 1.88 bits per heavy atom. The van der Waals surface area contributed by atoms with Crippen molar-refractivity contribution in [3.8, 4) is 0 Å². The second-order valence-electron chi connectivity index (χ2n) is 5.43. The zero-order valence-electron chi connectivity index (χ0n) is 10.8. The molecule has 0 radical (unpaired) electrons. The first kappa shape index (κ1) is 13.5. The van der Waals surface area contributed by atoms with Crippen molar-refractivity contribution in [3.63, 3.8) is 0 Å². The molecule has 0 aromatic carbocycles. The van der Waals surface area contributed by atoms with E-state index in [0.29, 0.717) is 24.4 Å². The van der Waals surface area contributed by atoms with E-state index < -0.39 is 0 Å². The second kappa shape index (κ2) is 6.24. The molecule has 0 saturated heterocycles. The Labute approximate surface area is 99.2 Å². The Bertz CT molecular complexity index is 222. The summed E-state index contributed by atoms with van der Waals surface area (Å²) in [5, 5.41) is 3.14. The van der Waals surface area contributed by atoms with Gasteiger partial charge in [-0.15, -0.1) is 0 Å². The van der Waals surface area contributed by atoms with Gasteiger partial charge in [0.2, 0.25) is 5.91 Å². The highest BCUT2D eigenvalue weighted by Crippen LogP contribution is 2.27. The SMILES string of the molecule is CC(C)C(CN)C(=O)N[C@@H](C)C1CCCC1. The molecule has 0 spiro atoms. The molecule has 2 atom stereocenters. The van der Waals surface area contributed by atoms with E-state index in [1.54, 1.807) is 0 Å². The smallest absolute Gasteiger partial charge is 0.224 e. The van der Waals surface area contributed by atoms with E-state index in [2.05, 4.69) is 26.1 Å². The predicted molar refractivity (Wildman–Crippen MR) is 66.9 cm³/mol. The summed E-state index contributed by atoms with van der Waals surface area (Å²) in [5.41, 5.74) is 5.64. The number of nitrogens with two attached hydrogens (primary N) is 1. The Balaban J connectivity index is 2.42. The van der Waals surface area contributed by atoms with Gasteiger partial charge in [-0.25, -0.2) is 0 Å². The highest BCUT2D eigenvalue weighted by atomic mass is 16.2. The van der Waals surface area contributed by atoms with Crippen LogP contribution in [0.25, 0.3) is 0 Å². The number of carbonyl (C=O) groups excluding carboxylic acids is 1. The van der Waals surface area contributed by atoms with E-state index in [4.69, 9.17) is 5.73 Å². The fourth-order valence-electron chi connectivity index (χ4n) is 2.59. The third-order valence-corrected chi connectivity index (χ3v) is 3.87. The maximum atomic E-state index is 12.0. The normalized spacial score (nSPS) is 21.1. The topological polar surface area (TPSA) is 55.1 Å². The zero-order valence-corrected chi connectivity index (χ0v) is 10.8. The Morgan fingerprint density at radius 1 is 1.31 bits per heavy atom. The van der Waals surface area contributed by atoms with Crippen molar-refractivity contribution in [1.82, 2.24) is 5.32 Å². The first-order valence-electron chi connectivity index (χ1n) is 6.56. The molecule has 0 aromatic rings. The van der Waals surface area contributed by atoms with E-state index in [1.807, 2.05) is 0 Å². The molecule has 1 aliphatic carbocycles. The summed E-state index contributed by atoms with van der Waals surface area (Å²) < 4.78 is 0. The van der Waals surface area contributed by atoms with Crippen molar-refractivity contribution in [3.05, 3.63) is 0 Å². The standard InChI is InChI=1S/C13H26N2O/c1-9(2)12(8-14)13(16)15-10(3)11-6-4-5-7-11/h9-12H,4-8,14H2,1-3H3,(H,15,16)/t10-,12?/m0/s1. The van der Waals surface area contributed by atoms with Crippen LogP contribution in [-0.4, -0.2) is 18.5 Å². The summed E-state index contributed by atoms with van der Waals surface area (Å²) in [6, 6.07) is 0.308. The van der Waals surface area contributed by atoms with Crippen LogP contribution >= 0.6 is 0 Å². The van der Waals surface area contributed by atoms with Crippen LogP contribution in [0.3, 0.4) is 0 Å². The fourth-order valence-corrected chi connectivity index (χ4v) is 2.59. The monoisotopic (exact) mass is 226 g/mol. The van der Waals surface area contributed by atoms with Crippen LogP contribution in [0, 0.1) is 17.8 Å². The summed E-state index contributed by atoms with van der Waals surface area (Å²) in [6.45, 7) is 6.68. The lowest BCUT2D eigenvalue weighted by Gasteiger charge is -2.25. The van der Waals surface area contributed by atoms with Gasteiger partial charge in [0, 0.05) is 12.6 Å². The van der Waals surface area contributed by atoms with Crippen LogP contribution in [0.5, 0.6) is 0 Å². The predicted octanol–water partition coefficient (Wildman–Crippen LogP) is 1.91. The van der Waals surface area contributed by atoms with E-state index >= 15 is 0 Å². The van der Waals surface area contributed by atoms with Gasteiger partial charge in [-0.1, -0.05) is 26.7 Å². The molecule has 1 unspecified atom stereocenters. The maximum Gasteiger partial charge on any atom is 0.224 e. The van der Waals surface area contributed by atoms with Gasteiger partial charge in [-0.3, -0.25) is 4.79 Å². The molecule has 3 N–H and O–H groups in total. The Hall–Kier alpha value is -0.570. The Morgan fingerprint density at radius 3 is 2.31 bits per heavy atom. The van der Waals surface area contributed by atoms with E-state index in [0.717, 1.165) is 0 Å². The average molecular weight is 226 g/mol. The molecule has 3 nitrogen and oxygen atoms in total. The second-order valence-corrected chi connectivity index (χ2v) is 5.43. The zero-order chi connectivity index (χ0) is 12.1. The minimum atomic E-state index is -0.0381. The van der Waals surface area contributed by atoms with Gasteiger partial charge in [0.05, 0.1) is 5.92 Å². The van der Waals surface area contributed by atoms with E-state index in [1.165, 1.54) is 25.7 Å². The van der Waals surface area contributed by atoms with Gasteiger partial charge < -0.3 is 11.1 Å². The van der Waals surface area contributed by atoms with Crippen molar-refractivity contribution < 1.29 is 4.79 Å². The molecular formula is C13H26N2O. The maximum absolute atomic E-state index is 12.0. The number of rotatable bonds is 5. The van der Waals surface area contributed by atoms with Crippen LogP contribution < -0.4 is 11.1 Å². The summed E-state index contributed by atoms with van der Waals surface area (Å²) in [7, 11) is 0. The lowest BCUT2D eigenvalue weighted by atomic mass is 9.93. The minimum absolute atomic E-state index is 0.0381. The quantitative estimate of drug-likeness (QED) is 0.752. The first-order valence-corrected chi connectivity index (χ1v) is 6.56. The van der Waals surface area contributed by atoms with Crippen LogP contribution in [0.15, 0.2) is 0 Å². The average Bonchev–Trinajstić information content (AvgIpc) is 2.70. The van der Waals surface area contributed by atoms with Crippen LogP contribution in [0.2, 0.25) is 0 Å². The summed E-state index contributed by atoms with van der Waals surface area (Å²) in [5.74, 6) is 1.09. The molecule has 3 heteroatoms. The number of amides is 1.